The van der Waals surface area contributed by atoms with E-state index in [0.717, 1.165) is 25.5 Å². The molecular formula is C12H24O. The van der Waals surface area contributed by atoms with Gasteiger partial charge >= 0.3 is 0 Å². The lowest BCUT2D eigenvalue weighted by Crippen LogP contribution is -2.01. The van der Waals surface area contributed by atoms with Gasteiger partial charge in [-0.1, -0.05) is 52.4 Å². The van der Waals surface area contributed by atoms with E-state index in [1.807, 2.05) is 0 Å². The minimum Gasteiger partial charge on any atom is -0.303 e. The smallest absolute Gasteiger partial charge is 0.123 e. The van der Waals surface area contributed by atoms with Gasteiger partial charge in [0.05, 0.1) is 0 Å². The lowest BCUT2D eigenvalue weighted by molar-refractivity contribution is -0.111. The van der Waals surface area contributed by atoms with Crippen molar-refractivity contribution in [1.82, 2.24) is 0 Å². The van der Waals surface area contributed by atoms with Gasteiger partial charge in [0.25, 0.3) is 0 Å². The van der Waals surface area contributed by atoms with Crippen molar-refractivity contribution in [3.8, 4) is 0 Å². The van der Waals surface area contributed by atoms with Crippen LogP contribution in [0.15, 0.2) is 0 Å². The van der Waals surface area contributed by atoms with Crippen LogP contribution in [0.3, 0.4) is 0 Å². The third kappa shape index (κ3) is 8.01. The van der Waals surface area contributed by atoms with Crippen molar-refractivity contribution in [1.29, 1.82) is 0 Å². The molecule has 78 valence electrons. The molecule has 0 spiro atoms. The van der Waals surface area contributed by atoms with Crippen molar-refractivity contribution in [2.75, 3.05) is 0 Å². The Morgan fingerprint density at radius 3 is 2.15 bits per heavy atom. The molecule has 0 rings (SSSR count). The molecule has 0 amide bonds. The third-order valence-corrected chi connectivity index (χ3v) is 2.53. The molecule has 13 heavy (non-hydrogen) atoms. The maximum absolute atomic E-state index is 10.6. The van der Waals surface area contributed by atoms with Crippen LogP contribution in [0.25, 0.3) is 0 Å². The summed E-state index contributed by atoms with van der Waals surface area (Å²) in [6.45, 7) is 4.37. The van der Waals surface area contributed by atoms with Crippen LogP contribution < -0.4 is 0 Å². The van der Waals surface area contributed by atoms with Crippen LogP contribution in [-0.4, -0.2) is 6.29 Å². The molecule has 0 aliphatic rings. The van der Waals surface area contributed by atoms with Crippen LogP contribution >= 0.6 is 0 Å². The van der Waals surface area contributed by atoms with Crippen LogP contribution in [0.5, 0.6) is 0 Å². The predicted octanol–water partition coefficient (Wildman–Crippen LogP) is 3.96. The molecule has 0 saturated heterocycles. The Labute approximate surface area is 82.9 Å². The van der Waals surface area contributed by atoms with Crippen LogP contribution in [-0.2, 0) is 4.79 Å². The monoisotopic (exact) mass is 184 g/mol. The Hall–Kier alpha value is -0.330. The van der Waals surface area contributed by atoms with Crippen molar-refractivity contribution < 1.29 is 4.79 Å². The molecule has 0 heterocycles. The van der Waals surface area contributed by atoms with E-state index in [1.54, 1.807) is 0 Å². The van der Waals surface area contributed by atoms with Crippen LogP contribution in [0.4, 0.5) is 0 Å². The summed E-state index contributed by atoms with van der Waals surface area (Å²) in [4.78, 5) is 10.6. The first-order valence-corrected chi connectivity index (χ1v) is 5.80. The van der Waals surface area contributed by atoms with Gasteiger partial charge in [0, 0.05) is 5.92 Å². The molecule has 0 aliphatic heterocycles. The minimum atomic E-state index is 0.339. The molecule has 0 aromatic rings. The van der Waals surface area contributed by atoms with Crippen molar-refractivity contribution >= 4 is 6.29 Å². The second kappa shape index (κ2) is 9.76. The van der Waals surface area contributed by atoms with E-state index in [9.17, 15) is 4.79 Å². The molecule has 0 radical (unpaired) electrons. The highest BCUT2D eigenvalue weighted by atomic mass is 16.1. The van der Waals surface area contributed by atoms with Crippen LogP contribution in [0, 0.1) is 5.92 Å². The summed E-state index contributed by atoms with van der Waals surface area (Å²) in [6, 6.07) is 0. The van der Waals surface area contributed by atoms with E-state index in [4.69, 9.17) is 0 Å². The molecular weight excluding hydrogens is 160 g/mol. The molecule has 0 aliphatic carbocycles. The summed E-state index contributed by atoms with van der Waals surface area (Å²) in [5.41, 5.74) is 0. The Balaban J connectivity index is 3.22. The topological polar surface area (TPSA) is 17.1 Å². The van der Waals surface area contributed by atoms with Gasteiger partial charge in [-0.2, -0.15) is 0 Å². The molecule has 0 saturated carbocycles. The summed E-state index contributed by atoms with van der Waals surface area (Å²) in [7, 11) is 0. The number of rotatable bonds is 9. The Morgan fingerprint density at radius 1 is 0.923 bits per heavy atom. The summed E-state index contributed by atoms with van der Waals surface area (Å²) >= 11 is 0. The summed E-state index contributed by atoms with van der Waals surface area (Å²) in [5, 5.41) is 0. The Morgan fingerprint density at radius 2 is 1.62 bits per heavy atom. The fourth-order valence-electron chi connectivity index (χ4n) is 1.66. The van der Waals surface area contributed by atoms with Gasteiger partial charge in [-0.05, 0) is 12.8 Å². The zero-order chi connectivity index (χ0) is 9.94. The molecule has 1 atom stereocenters. The lowest BCUT2D eigenvalue weighted by Gasteiger charge is -2.07. The minimum absolute atomic E-state index is 0.339. The van der Waals surface area contributed by atoms with Crippen molar-refractivity contribution in [3.05, 3.63) is 0 Å². The molecule has 1 nitrogen and oxygen atoms in total. The standard InChI is InChI=1S/C12H24O/c1-3-5-6-7-8-10-12(11-13)9-4-2/h11-12H,3-10H2,1-2H3. The Kier molecular flexibility index (Phi) is 9.51. The first-order chi connectivity index (χ1) is 6.35. The van der Waals surface area contributed by atoms with Crippen molar-refractivity contribution in [2.24, 2.45) is 5.92 Å². The van der Waals surface area contributed by atoms with Gasteiger partial charge in [-0.3, -0.25) is 0 Å². The zero-order valence-electron chi connectivity index (χ0n) is 9.22. The van der Waals surface area contributed by atoms with Gasteiger partial charge in [0.15, 0.2) is 0 Å². The van der Waals surface area contributed by atoms with Gasteiger partial charge in [-0.25, -0.2) is 0 Å². The number of aldehydes is 1. The summed E-state index contributed by atoms with van der Waals surface area (Å²) in [5.74, 6) is 0.339. The maximum Gasteiger partial charge on any atom is 0.123 e. The fraction of sp³-hybridized carbons (Fsp3) is 0.917. The second-order valence-electron chi connectivity index (χ2n) is 3.89. The number of unbranched alkanes of at least 4 members (excludes halogenated alkanes) is 4. The SMILES string of the molecule is CCCCCCCC(C=O)CCC. The van der Waals surface area contributed by atoms with Gasteiger partial charge in [-0.15, -0.1) is 0 Å². The Bertz CT molecular complexity index is 110. The quantitative estimate of drug-likeness (QED) is 0.391. The number of hydrogen-bond donors (Lipinski definition) is 0. The first-order valence-electron chi connectivity index (χ1n) is 5.80. The number of hydrogen-bond acceptors (Lipinski definition) is 1. The highest BCUT2D eigenvalue weighted by molar-refractivity contribution is 5.53. The van der Waals surface area contributed by atoms with Gasteiger partial charge in [0.1, 0.15) is 6.29 Å². The molecule has 0 N–H and O–H groups in total. The van der Waals surface area contributed by atoms with E-state index >= 15 is 0 Å². The van der Waals surface area contributed by atoms with Crippen LogP contribution in [0.2, 0.25) is 0 Å². The van der Waals surface area contributed by atoms with E-state index in [0.29, 0.717) is 5.92 Å². The molecule has 1 unspecified atom stereocenters. The molecule has 0 aromatic carbocycles. The van der Waals surface area contributed by atoms with Gasteiger partial charge in [0.2, 0.25) is 0 Å². The third-order valence-electron chi connectivity index (χ3n) is 2.53. The largest absolute Gasteiger partial charge is 0.303 e. The summed E-state index contributed by atoms with van der Waals surface area (Å²) < 4.78 is 0. The van der Waals surface area contributed by atoms with Crippen molar-refractivity contribution in [3.63, 3.8) is 0 Å². The molecule has 0 bridgehead atoms. The molecule has 0 fully saturated rings. The summed E-state index contributed by atoms with van der Waals surface area (Å²) in [6.07, 6.45) is 11.0. The first kappa shape index (κ1) is 12.7. The van der Waals surface area contributed by atoms with Crippen molar-refractivity contribution in [2.45, 2.75) is 65.2 Å². The number of carbonyl (C=O) groups excluding carboxylic acids is 1. The van der Waals surface area contributed by atoms with E-state index in [-0.39, 0.29) is 0 Å². The van der Waals surface area contributed by atoms with Crippen LogP contribution in [0.1, 0.15) is 65.2 Å². The fourth-order valence-corrected chi connectivity index (χ4v) is 1.66. The van der Waals surface area contributed by atoms with E-state index in [2.05, 4.69) is 13.8 Å². The second-order valence-corrected chi connectivity index (χ2v) is 3.89. The normalized spacial score (nSPS) is 12.8. The highest BCUT2D eigenvalue weighted by Crippen LogP contribution is 2.14. The zero-order valence-corrected chi connectivity index (χ0v) is 9.22. The maximum atomic E-state index is 10.6. The average molecular weight is 184 g/mol. The number of carbonyl (C=O) groups is 1. The predicted molar refractivity (Wildman–Crippen MR) is 57.8 cm³/mol. The average Bonchev–Trinajstić information content (AvgIpc) is 2.16. The molecule has 0 aromatic heterocycles. The van der Waals surface area contributed by atoms with E-state index < -0.39 is 0 Å². The molecule has 1 heteroatoms. The van der Waals surface area contributed by atoms with Gasteiger partial charge < -0.3 is 4.79 Å². The van der Waals surface area contributed by atoms with E-state index in [1.165, 1.54) is 32.1 Å². The lowest BCUT2D eigenvalue weighted by atomic mass is 9.97. The highest BCUT2D eigenvalue weighted by Gasteiger charge is 2.04.